The predicted octanol–water partition coefficient (Wildman–Crippen LogP) is 2.96. The Labute approximate surface area is 183 Å². The van der Waals surface area contributed by atoms with Crippen molar-refractivity contribution in [1.82, 2.24) is 29.5 Å². The van der Waals surface area contributed by atoms with Gasteiger partial charge in [-0.1, -0.05) is 22.7 Å². The molecule has 0 amide bonds. The number of ether oxygens (including phenoxy) is 2. The first kappa shape index (κ1) is 19.3. The van der Waals surface area contributed by atoms with Crippen molar-refractivity contribution in [3.63, 3.8) is 0 Å². The van der Waals surface area contributed by atoms with Crippen LogP contribution in [0.4, 0.5) is 0 Å². The molecule has 0 saturated carbocycles. The van der Waals surface area contributed by atoms with E-state index in [0.29, 0.717) is 29.6 Å². The maximum absolute atomic E-state index is 6.29. The second kappa shape index (κ2) is 7.87. The zero-order chi connectivity index (χ0) is 21.4. The van der Waals surface area contributed by atoms with Crippen molar-refractivity contribution in [1.29, 1.82) is 0 Å². The van der Waals surface area contributed by atoms with Crippen LogP contribution >= 0.6 is 11.6 Å². The molecule has 154 valence electrons. The van der Waals surface area contributed by atoms with E-state index in [1.807, 2.05) is 33.5 Å². The minimum atomic E-state index is 0.359. The molecule has 0 unspecified atom stereocenters. The van der Waals surface area contributed by atoms with E-state index in [1.54, 1.807) is 32.8 Å². The van der Waals surface area contributed by atoms with Crippen LogP contribution in [0.1, 0.15) is 28.3 Å². The Morgan fingerprint density at radius 2 is 1.97 bits per heavy atom. The van der Waals surface area contributed by atoms with Gasteiger partial charge >= 0.3 is 0 Å². The normalized spacial score (nSPS) is 11.6. The summed E-state index contributed by atoms with van der Waals surface area (Å²) in [7, 11) is 3.22. The number of hydrogen-bond donors (Lipinski definition) is 0. The van der Waals surface area contributed by atoms with Crippen molar-refractivity contribution >= 4 is 11.6 Å². The van der Waals surface area contributed by atoms with Crippen LogP contribution in [0.15, 0.2) is 42.9 Å². The Kier molecular flexibility index (Phi) is 4.90. The van der Waals surface area contributed by atoms with Crippen molar-refractivity contribution in [2.75, 3.05) is 14.2 Å². The van der Waals surface area contributed by atoms with E-state index in [-0.39, 0.29) is 0 Å². The molecule has 0 saturated heterocycles. The second-order valence-electron chi connectivity index (χ2n) is 6.89. The van der Waals surface area contributed by atoms with Crippen molar-refractivity contribution in [2.45, 2.75) is 13.0 Å². The molecule has 0 radical (unpaired) electrons. The van der Waals surface area contributed by atoms with Crippen LogP contribution < -0.4 is 4.74 Å². The van der Waals surface area contributed by atoms with Gasteiger partial charge in [0.1, 0.15) is 17.7 Å². The molecule has 0 bridgehead atoms. The van der Waals surface area contributed by atoms with Crippen molar-refractivity contribution in [3.05, 3.63) is 76.2 Å². The minimum absolute atomic E-state index is 0.359. The summed E-state index contributed by atoms with van der Waals surface area (Å²) in [6.45, 7) is 0.359. The van der Waals surface area contributed by atoms with E-state index in [0.717, 1.165) is 34.0 Å². The van der Waals surface area contributed by atoms with E-state index in [9.17, 15) is 0 Å². The quantitative estimate of drug-likeness (QED) is 0.408. The van der Waals surface area contributed by atoms with Crippen LogP contribution in [-0.2, 0) is 17.8 Å². The molecule has 31 heavy (non-hydrogen) atoms. The van der Waals surface area contributed by atoms with Gasteiger partial charge in [0.05, 0.1) is 36.5 Å². The van der Waals surface area contributed by atoms with Crippen molar-refractivity contribution < 1.29 is 9.47 Å². The molecule has 0 aliphatic carbocycles. The highest BCUT2D eigenvalue weighted by Crippen LogP contribution is 2.31. The van der Waals surface area contributed by atoms with Gasteiger partial charge in [-0.05, 0) is 30.2 Å². The molecule has 9 heteroatoms. The number of benzene rings is 1. The van der Waals surface area contributed by atoms with Gasteiger partial charge in [-0.25, -0.2) is 14.6 Å². The number of hydrogen-bond acceptors (Lipinski definition) is 6. The third-order valence-electron chi connectivity index (χ3n) is 5.02. The summed E-state index contributed by atoms with van der Waals surface area (Å²) in [5, 5.41) is 9.29. The molecule has 0 spiro atoms. The molecule has 1 aliphatic rings. The number of halogens is 1. The van der Waals surface area contributed by atoms with E-state index in [2.05, 4.69) is 32.1 Å². The van der Waals surface area contributed by atoms with Gasteiger partial charge in [0.25, 0.3) is 0 Å². The van der Waals surface area contributed by atoms with Gasteiger partial charge in [-0.15, -0.1) is 5.10 Å². The maximum atomic E-state index is 6.29. The second-order valence-corrected chi connectivity index (χ2v) is 7.32. The first-order chi connectivity index (χ1) is 15.2. The molecule has 1 aromatic carbocycles. The van der Waals surface area contributed by atoms with Gasteiger partial charge in [-0.3, -0.25) is 4.57 Å². The fraction of sp³-hybridized carbons (Fsp3) is 0.182. The van der Waals surface area contributed by atoms with Crippen LogP contribution in [0.5, 0.6) is 5.88 Å². The van der Waals surface area contributed by atoms with Gasteiger partial charge in [0.15, 0.2) is 0 Å². The summed E-state index contributed by atoms with van der Waals surface area (Å²) >= 11 is 6.29. The van der Waals surface area contributed by atoms with Gasteiger partial charge < -0.3 is 9.47 Å². The highest BCUT2D eigenvalue weighted by molar-refractivity contribution is 6.30. The van der Waals surface area contributed by atoms with Crippen LogP contribution in [0, 0.1) is 11.8 Å². The number of methoxy groups -OCH3 is 2. The number of rotatable bonds is 3. The number of fused-ring (bicyclic) bond motifs is 5. The first-order valence-corrected chi connectivity index (χ1v) is 9.86. The van der Waals surface area contributed by atoms with Crippen LogP contribution in [0.3, 0.4) is 0 Å². The number of imidazole rings is 1. The number of nitrogens with zero attached hydrogens (tertiary/aromatic N) is 6. The molecular weight excluding hydrogens is 416 g/mol. The summed E-state index contributed by atoms with van der Waals surface area (Å²) in [4.78, 5) is 8.77. The third kappa shape index (κ3) is 3.44. The molecule has 0 atom stereocenters. The average molecular weight is 433 g/mol. The van der Waals surface area contributed by atoms with Crippen molar-refractivity contribution in [3.8, 4) is 29.1 Å². The van der Waals surface area contributed by atoms with Gasteiger partial charge in [0, 0.05) is 36.4 Å². The Hall–Kier alpha value is -3.67. The number of aromatic nitrogens is 6. The number of pyridine rings is 1. The summed E-state index contributed by atoms with van der Waals surface area (Å²) < 4.78 is 14.3. The predicted molar refractivity (Wildman–Crippen MR) is 114 cm³/mol. The van der Waals surface area contributed by atoms with Crippen LogP contribution in [0.25, 0.3) is 11.4 Å². The van der Waals surface area contributed by atoms with Gasteiger partial charge in [0.2, 0.25) is 5.88 Å². The Morgan fingerprint density at radius 3 is 2.74 bits per heavy atom. The molecule has 1 aliphatic heterocycles. The lowest BCUT2D eigenvalue weighted by Crippen LogP contribution is -2.04. The monoisotopic (exact) mass is 432 g/mol. The average Bonchev–Trinajstić information content (AvgIpc) is 3.34. The highest BCUT2D eigenvalue weighted by atomic mass is 35.5. The lowest BCUT2D eigenvalue weighted by molar-refractivity contribution is 0.180. The molecule has 8 nitrogen and oxygen atoms in total. The fourth-order valence-electron chi connectivity index (χ4n) is 3.54. The summed E-state index contributed by atoms with van der Waals surface area (Å²) in [5.74, 6) is 6.86. The lowest BCUT2D eigenvalue weighted by atomic mass is 10.1. The lowest BCUT2D eigenvalue weighted by Gasteiger charge is -2.09. The fourth-order valence-corrected chi connectivity index (χ4v) is 3.71. The van der Waals surface area contributed by atoms with Crippen LogP contribution in [0.2, 0.25) is 5.02 Å². The van der Waals surface area contributed by atoms with E-state index in [1.165, 1.54) is 0 Å². The Morgan fingerprint density at radius 1 is 1.06 bits per heavy atom. The van der Waals surface area contributed by atoms with Crippen LogP contribution in [-0.4, -0.2) is 43.7 Å². The van der Waals surface area contributed by atoms with E-state index >= 15 is 0 Å². The molecule has 0 fully saturated rings. The third-order valence-corrected chi connectivity index (χ3v) is 5.26. The Bertz CT molecular complexity index is 1330. The minimum Gasteiger partial charge on any atom is -0.481 e. The largest absolute Gasteiger partial charge is 0.481 e. The Balaban J connectivity index is 1.64. The molecule has 4 aromatic rings. The smallest absolute Gasteiger partial charge is 0.212 e. The van der Waals surface area contributed by atoms with Crippen molar-refractivity contribution in [2.24, 2.45) is 0 Å². The first-order valence-electron chi connectivity index (χ1n) is 9.49. The molecular formula is C22H17ClN6O2. The molecule has 4 heterocycles. The summed E-state index contributed by atoms with van der Waals surface area (Å²) in [6.07, 6.45) is 3.99. The molecule has 5 rings (SSSR count). The molecule has 0 N–H and O–H groups in total. The van der Waals surface area contributed by atoms with E-state index < -0.39 is 0 Å². The zero-order valence-corrected chi connectivity index (χ0v) is 17.6. The highest BCUT2D eigenvalue weighted by Gasteiger charge is 2.25. The SMILES string of the molecule is COCc1nnn2c1Cc1c(C#Cc3ccc(OC)nc3)ncn1-c1ccc(Cl)cc1-2. The summed E-state index contributed by atoms with van der Waals surface area (Å²) in [5.41, 5.74) is 5.80. The van der Waals surface area contributed by atoms with E-state index in [4.69, 9.17) is 21.1 Å². The topological polar surface area (TPSA) is 79.9 Å². The summed E-state index contributed by atoms with van der Waals surface area (Å²) in [6, 6.07) is 9.30. The maximum Gasteiger partial charge on any atom is 0.212 e. The molecule has 3 aromatic heterocycles. The standard InChI is InChI=1S/C22H17ClN6O2/c1-30-12-17-20-10-19-16(6-3-14-4-8-22(31-2)24-11-14)25-13-28(19)18-7-5-15(23)9-21(18)29(20)27-26-17/h4-5,7-9,11,13H,10,12H2,1-2H3. The zero-order valence-electron chi connectivity index (χ0n) is 16.8. The van der Waals surface area contributed by atoms with Gasteiger partial charge in [-0.2, -0.15) is 0 Å².